The molecule has 0 fully saturated rings. The fraction of sp³-hybridized carbons (Fsp3) is 0.231. The van der Waals surface area contributed by atoms with Crippen molar-refractivity contribution in [2.75, 3.05) is 5.32 Å². The van der Waals surface area contributed by atoms with Crippen molar-refractivity contribution in [2.24, 2.45) is 11.8 Å². The molecule has 0 aromatic heterocycles. The van der Waals surface area contributed by atoms with Gasteiger partial charge in [-0.15, -0.1) is 0 Å². The Morgan fingerprint density at radius 2 is 1.61 bits per heavy atom. The first kappa shape index (κ1) is 25.5. The number of carbonyl (C=O) groups excluding carboxylic acids is 1. The second-order valence-corrected chi connectivity index (χ2v) is 10.9. The highest BCUT2D eigenvalue weighted by Gasteiger charge is 2.31. The number of ether oxygens (including phenoxy) is 1. The summed E-state index contributed by atoms with van der Waals surface area (Å²) in [6, 6.07) is 12.1. The lowest BCUT2D eigenvalue weighted by Crippen LogP contribution is -2.44. The first-order chi connectivity index (χ1) is 17.0. The fourth-order valence-electron chi connectivity index (χ4n) is 4.05. The summed E-state index contributed by atoms with van der Waals surface area (Å²) in [6.45, 7) is 3.27. The first-order valence-electron chi connectivity index (χ1n) is 11.6. The molecule has 3 atom stereocenters. The van der Waals surface area contributed by atoms with E-state index in [2.05, 4.69) is 16.1 Å². The highest BCUT2D eigenvalue weighted by atomic mass is 32.2. The lowest BCUT2D eigenvalue weighted by Gasteiger charge is -2.18. The number of benzene rings is 2. The molecule has 0 saturated carbocycles. The normalized spacial score (nSPS) is 19.6. The third kappa shape index (κ3) is 5.61. The fourth-order valence-corrected chi connectivity index (χ4v) is 5.39. The van der Waals surface area contributed by atoms with E-state index in [0.29, 0.717) is 5.69 Å². The number of hydrogen-bond acceptors (Lipinski definition) is 5. The van der Waals surface area contributed by atoms with E-state index < -0.39 is 28.0 Å². The van der Waals surface area contributed by atoms with Crippen molar-refractivity contribution in [3.8, 4) is 11.1 Å². The van der Waals surface area contributed by atoms with Crippen molar-refractivity contribution in [3.05, 3.63) is 84.1 Å². The van der Waals surface area contributed by atoms with Gasteiger partial charge in [0.25, 0.3) is 5.91 Å². The van der Waals surface area contributed by atoms with E-state index in [1.54, 1.807) is 38.1 Å². The summed E-state index contributed by atoms with van der Waals surface area (Å²) >= 11 is 0. The molecule has 8 nitrogen and oxygen atoms in total. The second kappa shape index (κ2) is 10.2. The zero-order valence-electron chi connectivity index (χ0n) is 20.1. The molecular formula is C26H27BN2O6S. The zero-order valence-corrected chi connectivity index (χ0v) is 21.0. The third-order valence-corrected chi connectivity index (χ3v) is 7.53. The SMILES string of the molecule is BC1=CC2C=C(C(=O)Nc3ccc(-c4ccc(S(=O)(=O)N[C@H](C(=O)O)C(C)C)cc4)cc3)OC2C=C1. The van der Waals surface area contributed by atoms with Crippen molar-refractivity contribution >= 4 is 35.4 Å². The molecule has 10 heteroatoms. The average Bonchev–Trinajstić information content (AvgIpc) is 3.26. The molecule has 1 heterocycles. The predicted octanol–water partition coefficient (Wildman–Crippen LogP) is 2.67. The Balaban J connectivity index is 1.41. The Hall–Kier alpha value is -3.63. The van der Waals surface area contributed by atoms with E-state index in [1.807, 2.05) is 38.2 Å². The summed E-state index contributed by atoms with van der Waals surface area (Å²) in [5, 5.41) is 12.1. The number of fused-ring (bicyclic) bond motifs is 1. The highest BCUT2D eigenvalue weighted by Crippen LogP contribution is 2.30. The van der Waals surface area contributed by atoms with Crippen LogP contribution in [0.25, 0.3) is 11.1 Å². The van der Waals surface area contributed by atoms with E-state index in [4.69, 9.17) is 4.74 Å². The van der Waals surface area contributed by atoms with E-state index in [0.717, 1.165) is 16.6 Å². The van der Waals surface area contributed by atoms with Gasteiger partial charge in [-0.25, -0.2) is 8.42 Å². The number of nitrogens with one attached hydrogen (secondary N) is 2. The maximum atomic E-state index is 12.6. The summed E-state index contributed by atoms with van der Waals surface area (Å²) in [4.78, 5) is 24.0. The topological polar surface area (TPSA) is 122 Å². The third-order valence-electron chi connectivity index (χ3n) is 6.07. The largest absolute Gasteiger partial charge is 0.480 e. The molecule has 1 aliphatic carbocycles. The zero-order chi connectivity index (χ0) is 26.0. The van der Waals surface area contributed by atoms with Gasteiger partial charge >= 0.3 is 5.97 Å². The maximum absolute atomic E-state index is 12.6. The summed E-state index contributed by atoms with van der Waals surface area (Å²) in [6.07, 6.45) is 7.67. The van der Waals surface area contributed by atoms with Crippen LogP contribution in [0.1, 0.15) is 13.8 Å². The van der Waals surface area contributed by atoms with E-state index >= 15 is 0 Å². The van der Waals surface area contributed by atoms with Gasteiger partial charge in [-0.05, 0) is 53.5 Å². The van der Waals surface area contributed by atoms with Crippen molar-refractivity contribution in [1.29, 1.82) is 0 Å². The van der Waals surface area contributed by atoms with Crippen LogP contribution in [-0.4, -0.2) is 45.4 Å². The molecule has 2 aliphatic rings. The lowest BCUT2D eigenvalue weighted by molar-refractivity contribution is -0.140. The number of carboxylic acid groups (broad SMARTS) is 1. The second-order valence-electron chi connectivity index (χ2n) is 9.20. The molecule has 2 aromatic carbocycles. The number of amides is 1. The molecule has 1 amide bonds. The van der Waals surface area contributed by atoms with Gasteiger partial charge in [-0.2, -0.15) is 4.72 Å². The lowest BCUT2D eigenvalue weighted by atomic mass is 9.85. The number of sulfonamides is 1. The molecule has 186 valence electrons. The Bertz CT molecular complexity index is 1360. The number of aliphatic carboxylic acids is 1. The van der Waals surface area contributed by atoms with Crippen LogP contribution in [0.4, 0.5) is 5.69 Å². The molecule has 0 bridgehead atoms. The predicted molar refractivity (Wildman–Crippen MR) is 139 cm³/mol. The van der Waals surface area contributed by atoms with Crippen LogP contribution in [0.2, 0.25) is 0 Å². The van der Waals surface area contributed by atoms with Crippen LogP contribution in [0, 0.1) is 11.8 Å². The minimum atomic E-state index is -3.99. The van der Waals surface area contributed by atoms with Crippen LogP contribution in [0.5, 0.6) is 0 Å². The molecule has 2 aromatic rings. The monoisotopic (exact) mass is 506 g/mol. The van der Waals surface area contributed by atoms with E-state index in [1.165, 1.54) is 12.1 Å². The molecule has 0 saturated heterocycles. The Morgan fingerprint density at radius 3 is 2.19 bits per heavy atom. The van der Waals surface area contributed by atoms with Gasteiger partial charge in [0.05, 0.1) is 4.90 Å². The van der Waals surface area contributed by atoms with Crippen LogP contribution < -0.4 is 10.0 Å². The average molecular weight is 506 g/mol. The summed E-state index contributed by atoms with van der Waals surface area (Å²) in [7, 11) is -1.99. The molecular weight excluding hydrogens is 479 g/mol. The van der Waals surface area contributed by atoms with Gasteiger partial charge in [0.1, 0.15) is 20.0 Å². The Morgan fingerprint density at radius 1 is 1.00 bits per heavy atom. The number of carbonyl (C=O) groups is 2. The van der Waals surface area contributed by atoms with Gasteiger partial charge < -0.3 is 15.2 Å². The first-order valence-corrected chi connectivity index (χ1v) is 13.0. The van der Waals surface area contributed by atoms with Gasteiger partial charge in [0.2, 0.25) is 10.0 Å². The van der Waals surface area contributed by atoms with E-state index in [-0.39, 0.29) is 28.6 Å². The van der Waals surface area contributed by atoms with Gasteiger partial charge in [0.15, 0.2) is 5.76 Å². The summed E-state index contributed by atoms with van der Waals surface area (Å²) in [5.41, 5.74) is 3.33. The minimum Gasteiger partial charge on any atom is -0.480 e. The standard InChI is InChI=1S/C26H27BN2O6S/c1-15(2)24(26(31)32)29-36(33,34)21-10-5-17(6-11-21)16-3-8-20(9-4-16)28-25(30)23-14-18-13-19(27)7-12-22(18)35-23/h3-15,18,22,24,29H,27H2,1-2H3,(H,28,30)(H,31,32)/t18?,22?,24-/m0/s1. The van der Waals surface area contributed by atoms with Crippen LogP contribution in [0.15, 0.2) is 89.0 Å². The molecule has 0 spiro atoms. The molecule has 1 aliphatic heterocycles. The van der Waals surface area contributed by atoms with Crippen LogP contribution in [-0.2, 0) is 24.3 Å². The van der Waals surface area contributed by atoms with Crippen molar-refractivity contribution in [3.63, 3.8) is 0 Å². The van der Waals surface area contributed by atoms with Gasteiger partial charge in [-0.1, -0.05) is 55.7 Å². The summed E-state index contributed by atoms with van der Waals surface area (Å²) < 4.78 is 33.2. The highest BCUT2D eigenvalue weighted by molar-refractivity contribution is 7.89. The number of rotatable bonds is 8. The van der Waals surface area contributed by atoms with Crippen molar-refractivity contribution in [1.82, 2.24) is 4.72 Å². The number of carboxylic acids is 1. The van der Waals surface area contributed by atoms with Crippen molar-refractivity contribution < 1.29 is 27.9 Å². The minimum absolute atomic E-state index is 0.0210. The quantitative estimate of drug-likeness (QED) is 0.474. The molecule has 36 heavy (non-hydrogen) atoms. The number of anilines is 1. The van der Waals surface area contributed by atoms with E-state index in [9.17, 15) is 23.1 Å². The Kier molecular flexibility index (Phi) is 7.19. The molecule has 0 radical (unpaired) electrons. The van der Waals surface area contributed by atoms with Crippen molar-refractivity contribution in [2.45, 2.75) is 30.9 Å². The smallest absolute Gasteiger partial charge is 0.322 e. The number of hydrogen-bond donors (Lipinski definition) is 3. The molecule has 2 unspecified atom stereocenters. The summed E-state index contributed by atoms with van der Waals surface area (Å²) in [5.74, 6) is -1.61. The van der Waals surface area contributed by atoms with Gasteiger partial charge in [0, 0.05) is 11.6 Å². The van der Waals surface area contributed by atoms with Gasteiger partial charge in [-0.3, -0.25) is 9.59 Å². The number of allylic oxidation sites excluding steroid dienone is 2. The van der Waals surface area contributed by atoms with Crippen LogP contribution in [0.3, 0.4) is 0 Å². The maximum Gasteiger partial charge on any atom is 0.322 e. The Labute approximate surface area is 211 Å². The molecule has 4 rings (SSSR count). The molecule has 3 N–H and O–H groups in total. The van der Waals surface area contributed by atoms with Crippen LogP contribution >= 0.6 is 0 Å².